The maximum atomic E-state index is 12.7. The fraction of sp³-hybridized carbons (Fsp3) is 0.765. The van der Waals surface area contributed by atoms with Gasteiger partial charge in [0.1, 0.15) is 0 Å². The van der Waals surface area contributed by atoms with E-state index in [4.69, 9.17) is 4.74 Å². The highest BCUT2D eigenvalue weighted by Crippen LogP contribution is 2.49. The van der Waals surface area contributed by atoms with Crippen molar-refractivity contribution in [2.45, 2.75) is 45.3 Å². The van der Waals surface area contributed by atoms with E-state index in [-0.39, 0.29) is 30.8 Å². The number of carbonyl (C=O) groups excluding carboxylic acids is 3. The van der Waals surface area contributed by atoms with E-state index in [1.807, 2.05) is 0 Å². The molecule has 1 aliphatic heterocycles. The fourth-order valence-electron chi connectivity index (χ4n) is 4.66. The number of nitrogens with one attached hydrogen (secondary N) is 1. The summed E-state index contributed by atoms with van der Waals surface area (Å²) in [4.78, 5) is 37.9. The topological polar surface area (TPSA) is 129 Å². The molecule has 6 atom stereocenters. The van der Waals surface area contributed by atoms with Crippen LogP contribution in [0.2, 0.25) is 0 Å². The van der Waals surface area contributed by atoms with Gasteiger partial charge in [0.2, 0.25) is 11.8 Å². The van der Waals surface area contributed by atoms with Gasteiger partial charge in [0.25, 0.3) is 0 Å². The van der Waals surface area contributed by atoms with Crippen LogP contribution in [0, 0.1) is 23.7 Å². The molecule has 0 aromatic carbocycles. The maximum absolute atomic E-state index is 12.7. The molecule has 0 aromatic rings. The van der Waals surface area contributed by atoms with E-state index in [1.54, 1.807) is 13.8 Å². The Morgan fingerprint density at radius 3 is 2.58 bits per heavy atom. The SMILES string of the molecule is CCOC(=O)N/N=C1\C[C@@H](O)[C@@H](O)[C@@H]2[C@@H]3C(=O)N(CC)C(=O)[C@@H]3CC[C@H]12. The van der Waals surface area contributed by atoms with Gasteiger partial charge in [0, 0.05) is 30.5 Å². The highest BCUT2D eigenvalue weighted by molar-refractivity contribution is 6.06. The molecule has 9 nitrogen and oxygen atoms in total. The van der Waals surface area contributed by atoms with Crippen LogP contribution >= 0.6 is 0 Å². The third-order valence-corrected chi connectivity index (χ3v) is 5.75. The monoisotopic (exact) mass is 367 g/mol. The zero-order valence-corrected chi connectivity index (χ0v) is 14.9. The molecule has 0 spiro atoms. The second-order valence-electron chi connectivity index (χ2n) is 7.01. The number of hydrazone groups is 1. The molecule has 1 heterocycles. The molecule has 9 heteroatoms. The summed E-state index contributed by atoms with van der Waals surface area (Å²) in [6, 6.07) is 0. The number of aliphatic hydroxyl groups is 2. The van der Waals surface area contributed by atoms with Crippen LogP contribution in [0.25, 0.3) is 0 Å². The number of carbonyl (C=O) groups is 3. The van der Waals surface area contributed by atoms with Gasteiger partial charge in [-0.3, -0.25) is 14.5 Å². The summed E-state index contributed by atoms with van der Waals surface area (Å²) < 4.78 is 4.77. The quantitative estimate of drug-likeness (QED) is 0.470. The normalized spacial score (nSPS) is 38.2. The number of likely N-dealkylation sites (tertiary alicyclic amines) is 1. The van der Waals surface area contributed by atoms with E-state index in [0.717, 1.165) is 0 Å². The first-order chi connectivity index (χ1) is 12.4. The van der Waals surface area contributed by atoms with E-state index in [1.165, 1.54) is 4.90 Å². The van der Waals surface area contributed by atoms with Gasteiger partial charge in [-0.1, -0.05) is 0 Å². The smallest absolute Gasteiger partial charge is 0.427 e. The fourth-order valence-corrected chi connectivity index (χ4v) is 4.66. The first-order valence-corrected chi connectivity index (χ1v) is 9.11. The maximum Gasteiger partial charge on any atom is 0.427 e. The molecule has 144 valence electrons. The van der Waals surface area contributed by atoms with Gasteiger partial charge in [0.05, 0.1) is 30.7 Å². The predicted molar refractivity (Wildman–Crippen MR) is 89.8 cm³/mol. The highest BCUT2D eigenvalue weighted by atomic mass is 16.5. The minimum absolute atomic E-state index is 0.103. The van der Waals surface area contributed by atoms with Crippen LogP contribution in [-0.4, -0.2) is 64.1 Å². The molecular formula is C17H25N3O6. The van der Waals surface area contributed by atoms with Crippen LogP contribution in [0.15, 0.2) is 5.10 Å². The molecule has 26 heavy (non-hydrogen) atoms. The zero-order valence-electron chi connectivity index (χ0n) is 14.9. The van der Waals surface area contributed by atoms with E-state index < -0.39 is 36.1 Å². The molecule has 0 unspecified atom stereocenters. The Balaban J connectivity index is 1.88. The highest BCUT2D eigenvalue weighted by Gasteiger charge is 2.59. The van der Waals surface area contributed by atoms with Crippen LogP contribution in [0.5, 0.6) is 0 Å². The largest absolute Gasteiger partial charge is 0.449 e. The number of nitrogens with zero attached hydrogens (tertiary/aromatic N) is 2. The van der Waals surface area contributed by atoms with E-state index in [9.17, 15) is 24.6 Å². The lowest BCUT2D eigenvalue weighted by Crippen LogP contribution is -2.55. The predicted octanol–water partition coefficient (Wildman–Crippen LogP) is -0.139. The summed E-state index contributed by atoms with van der Waals surface area (Å²) in [5.74, 6) is -2.46. The molecule has 3 fully saturated rings. The number of amides is 3. The Labute approximate surface area is 151 Å². The van der Waals surface area contributed by atoms with Crippen molar-refractivity contribution in [2.75, 3.05) is 13.2 Å². The van der Waals surface area contributed by atoms with Gasteiger partial charge in [-0.2, -0.15) is 5.10 Å². The summed E-state index contributed by atoms with van der Waals surface area (Å²) in [5.41, 5.74) is 2.82. The van der Waals surface area contributed by atoms with Crippen LogP contribution in [0.1, 0.15) is 33.1 Å². The molecule has 3 rings (SSSR count). The minimum atomic E-state index is -1.11. The van der Waals surface area contributed by atoms with Crippen LogP contribution in [-0.2, 0) is 14.3 Å². The molecule has 2 saturated carbocycles. The molecule has 0 radical (unpaired) electrons. The Morgan fingerprint density at radius 2 is 1.92 bits per heavy atom. The summed E-state index contributed by atoms with van der Waals surface area (Å²) in [7, 11) is 0. The molecule has 0 aromatic heterocycles. The van der Waals surface area contributed by atoms with Gasteiger partial charge in [-0.25, -0.2) is 10.2 Å². The second-order valence-corrected chi connectivity index (χ2v) is 7.01. The summed E-state index contributed by atoms with van der Waals surface area (Å²) in [6.45, 7) is 3.92. The average Bonchev–Trinajstić information content (AvgIpc) is 2.87. The Morgan fingerprint density at radius 1 is 1.23 bits per heavy atom. The molecular weight excluding hydrogens is 342 g/mol. The lowest BCUT2D eigenvalue weighted by molar-refractivity contribution is -0.141. The summed E-state index contributed by atoms with van der Waals surface area (Å²) in [6.07, 6.45) is -1.72. The lowest BCUT2D eigenvalue weighted by Gasteiger charge is -2.45. The molecule has 1 saturated heterocycles. The van der Waals surface area contributed by atoms with Crippen molar-refractivity contribution in [3.8, 4) is 0 Å². The first-order valence-electron chi connectivity index (χ1n) is 9.11. The first kappa shape index (κ1) is 18.8. The van der Waals surface area contributed by atoms with Crippen LogP contribution in [0.3, 0.4) is 0 Å². The van der Waals surface area contributed by atoms with E-state index >= 15 is 0 Å². The number of hydrogen-bond acceptors (Lipinski definition) is 7. The van der Waals surface area contributed by atoms with Crippen LogP contribution in [0.4, 0.5) is 4.79 Å². The Bertz CT molecular complexity index is 636. The number of fused-ring (bicyclic) bond motifs is 3. The van der Waals surface area contributed by atoms with E-state index in [2.05, 4.69) is 10.5 Å². The molecule has 3 N–H and O–H groups in total. The number of rotatable bonds is 3. The molecule has 3 aliphatic rings. The zero-order chi connectivity index (χ0) is 19.0. The Kier molecular flexibility index (Phi) is 5.29. The van der Waals surface area contributed by atoms with Gasteiger partial charge in [0.15, 0.2) is 0 Å². The van der Waals surface area contributed by atoms with Crippen molar-refractivity contribution in [3.63, 3.8) is 0 Å². The van der Waals surface area contributed by atoms with Crippen molar-refractivity contribution < 1.29 is 29.3 Å². The van der Waals surface area contributed by atoms with E-state index in [0.29, 0.717) is 25.1 Å². The van der Waals surface area contributed by atoms with Gasteiger partial charge < -0.3 is 14.9 Å². The van der Waals surface area contributed by atoms with Crippen molar-refractivity contribution >= 4 is 23.6 Å². The standard InChI is InChI=1S/C17H25N3O6/c1-3-20-15(23)9-6-5-8-10(18-19-17(25)26-4-2)7-11(21)14(22)12(8)13(9)16(20)24/h8-9,11-14,21-22H,3-7H2,1-2H3,(H,19,25)/b18-10+/t8-,9-,11-,12+,13-,14-/m1/s1. The third kappa shape index (κ3) is 2.99. The van der Waals surface area contributed by atoms with Gasteiger partial charge >= 0.3 is 6.09 Å². The number of imide groups is 1. The number of ether oxygens (including phenoxy) is 1. The second kappa shape index (κ2) is 7.32. The van der Waals surface area contributed by atoms with Crippen LogP contribution < -0.4 is 5.43 Å². The van der Waals surface area contributed by atoms with Crippen molar-refractivity contribution in [2.24, 2.45) is 28.8 Å². The van der Waals surface area contributed by atoms with Crippen molar-refractivity contribution in [1.82, 2.24) is 10.3 Å². The van der Waals surface area contributed by atoms with Crippen molar-refractivity contribution in [3.05, 3.63) is 0 Å². The Hall–Kier alpha value is -2.00. The average molecular weight is 367 g/mol. The lowest BCUT2D eigenvalue weighted by atomic mass is 9.60. The third-order valence-electron chi connectivity index (χ3n) is 5.75. The summed E-state index contributed by atoms with van der Waals surface area (Å²) in [5, 5.41) is 24.9. The van der Waals surface area contributed by atoms with Crippen molar-refractivity contribution in [1.29, 1.82) is 0 Å². The minimum Gasteiger partial charge on any atom is -0.449 e. The summed E-state index contributed by atoms with van der Waals surface area (Å²) >= 11 is 0. The number of aliphatic hydroxyl groups excluding tert-OH is 2. The molecule has 3 amide bonds. The molecule has 2 aliphatic carbocycles. The van der Waals surface area contributed by atoms with Gasteiger partial charge in [-0.05, 0) is 26.7 Å². The molecule has 0 bridgehead atoms. The van der Waals surface area contributed by atoms with Gasteiger partial charge in [-0.15, -0.1) is 0 Å². The number of hydrogen-bond donors (Lipinski definition) is 3.